The Bertz CT molecular complexity index is 1300. The van der Waals surface area contributed by atoms with Crippen LogP contribution in [0.3, 0.4) is 0 Å². The first kappa shape index (κ1) is 29.2. The molecule has 0 aliphatic rings. The maximum absolute atomic E-state index is 15.1. The van der Waals surface area contributed by atoms with E-state index in [0.29, 0.717) is 18.0 Å². The molecule has 12 nitrogen and oxygen atoms in total. The second kappa shape index (κ2) is 13.0. The number of aromatic nitrogens is 5. The molecule has 3 rings (SSSR count). The van der Waals surface area contributed by atoms with Gasteiger partial charge in [-0.05, 0) is 45.7 Å². The van der Waals surface area contributed by atoms with E-state index in [-0.39, 0.29) is 48.0 Å². The van der Waals surface area contributed by atoms with Crippen molar-refractivity contribution in [1.29, 1.82) is 5.26 Å². The summed E-state index contributed by atoms with van der Waals surface area (Å²) in [7, 11) is 1.47. The van der Waals surface area contributed by atoms with Crippen molar-refractivity contribution in [2.24, 2.45) is 5.92 Å². The highest BCUT2D eigenvalue weighted by molar-refractivity contribution is 5.70. The molecule has 0 saturated heterocycles. The fourth-order valence-electron chi connectivity index (χ4n) is 3.61. The number of ether oxygens (including phenoxy) is 3. The Hall–Kier alpha value is -4.31. The molecule has 3 aromatic rings. The van der Waals surface area contributed by atoms with E-state index in [1.165, 1.54) is 30.5 Å². The molecule has 0 saturated carbocycles. The molecule has 0 bridgehead atoms. The van der Waals surface area contributed by atoms with Gasteiger partial charge in [-0.25, -0.2) is 14.4 Å². The number of carbonyl (C=O) groups excluding carboxylic acids is 1. The first-order valence-electron chi connectivity index (χ1n) is 12.4. The van der Waals surface area contributed by atoms with Crippen LogP contribution >= 0.6 is 0 Å². The normalized spacial score (nSPS) is 12.8. The minimum absolute atomic E-state index is 0.0178. The van der Waals surface area contributed by atoms with Crippen molar-refractivity contribution < 1.29 is 23.4 Å². The summed E-state index contributed by atoms with van der Waals surface area (Å²) in [5.41, 5.74) is 0.244. The van der Waals surface area contributed by atoms with E-state index in [9.17, 15) is 10.1 Å². The second-order valence-corrected chi connectivity index (χ2v) is 9.70. The van der Waals surface area contributed by atoms with Crippen LogP contribution in [-0.4, -0.2) is 62.9 Å². The summed E-state index contributed by atoms with van der Waals surface area (Å²) >= 11 is 0. The van der Waals surface area contributed by atoms with Gasteiger partial charge in [0, 0.05) is 6.61 Å². The Morgan fingerprint density at radius 1 is 1.23 bits per heavy atom. The molecule has 0 aliphatic carbocycles. The van der Waals surface area contributed by atoms with E-state index in [4.69, 9.17) is 14.2 Å². The summed E-state index contributed by atoms with van der Waals surface area (Å²) in [4.78, 5) is 22.4. The molecule has 0 fully saturated rings. The molecule has 3 heterocycles. The summed E-state index contributed by atoms with van der Waals surface area (Å²) in [6, 6.07) is 4.22. The highest BCUT2D eigenvalue weighted by Crippen LogP contribution is 2.28. The van der Waals surface area contributed by atoms with Gasteiger partial charge < -0.3 is 24.8 Å². The highest BCUT2D eigenvalue weighted by Gasteiger charge is 2.26. The summed E-state index contributed by atoms with van der Waals surface area (Å²) in [6.07, 6.45) is 4.59. The second-order valence-electron chi connectivity index (χ2n) is 9.70. The molecule has 13 heteroatoms. The van der Waals surface area contributed by atoms with Gasteiger partial charge in [-0.3, -0.25) is 4.79 Å². The van der Waals surface area contributed by atoms with Gasteiger partial charge in [0.05, 0.1) is 56.0 Å². The Labute approximate surface area is 226 Å². The number of halogens is 1. The molecule has 3 aromatic heterocycles. The van der Waals surface area contributed by atoms with Crippen molar-refractivity contribution in [1.82, 2.24) is 25.0 Å². The number of hydrogen-bond acceptors (Lipinski definition) is 11. The van der Waals surface area contributed by atoms with Crippen molar-refractivity contribution in [2.75, 3.05) is 31.0 Å². The van der Waals surface area contributed by atoms with Gasteiger partial charge in [0.2, 0.25) is 5.88 Å². The van der Waals surface area contributed by atoms with Crippen molar-refractivity contribution in [2.45, 2.75) is 52.7 Å². The molecule has 208 valence electrons. The molecule has 0 aromatic carbocycles. The number of rotatable bonds is 12. The van der Waals surface area contributed by atoms with Crippen LogP contribution in [0.1, 0.15) is 46.6 Å². The number of anilines is 3. The fraction of sp³-hybridized carbons (Fsp3) is 0.462. The molecule has 0 aliphatic heterocycles. The third-order valence-electron chi connectivity index (χ3n) is 5.44. The first-order valence-corrected chi connectivity index (χ1v) is 12.4. The first-order chi connectivity index (χ1) is 18.5. The topological polar surface area (TPSA) is 149 Å². The molecule has 0 amide bonds. The van der Waals surface area contributed by atoms with Crippen LogP contribution in [0.2, 0.25) is 0 Å². The average Bonchev–Trinajstić information content (AvgIpc) is 3.41. The van der Waals surface area contributed by atoms with E-state index >= 15 is 4.39 Å². The Kier molecular flexibility index (Phi) is 9.73. The van der Waals surface area contributed by atoms with E-state index in [1.54, 1.807) is 26.8 Å². The van der Waals surface area contributed by atoms with Crippen LogP contribution in [0.25, 0.3) is 5.69 Å². The smallest absolute Gasteiger partial charge is 0.306 e. The van der Waals surface area contributed by atoms with Crippen molar-refractivity contribution in [3.63, 3.8) is 0 Å². The highest BCUT2D eigenvalue weighted by atomic mass is 19.1. The quantitative estimate of drug-likeness (QED) is 0.321. The van der Waals surface area contributed by atoms with Gasteiger partial charge in [0.15, 0.2) is 17.5 Å². The van der Waals surface area contributed by atoms with Crippen LogP contribution in [-0.2, 0) is 14.3 Å². The van der Waals surface area contributed by atoms with Crippen LogP contribution in [0.4, 0.5) is 21.7 Å². The van der Waals surface area contributed by atoms with Crippen molar-refractivity contribution in [3.05, 3.63) is 42.1 Å². The van der Waals surface area contributed by atoms with Gasteiger partial charge in [0.25, 0.3) is 0 Å². The molecule has 0 spiro atoms. The van der Waals surface area contributed by atoms with Gasteiger partial charge in [-0.1, -0.05) is 6.92 Å². The zero-order valence-corrected chi connectivity index (χ0v) is 22.9. The Balaban J connectivity index is 1.88. The molecular formula is C26H33FN8O4. The number of nitrogens with zero attached hydrogens (tertiary/aromatic N) is 6. The number of nitriles is 1. The Morgan fingerprint density at radius 2 is 1.95 bits per heavy atom. The minimum Gasteiger partial charge on any atom is -0.479 e. The maximum atomic E-state index is 15.1. The lowest BCUT2D eigenvalue weighted by atomic mass is 9.98. The Morgan fingerprint density at radius 3 is 2.56 bits per heavy atom. The molecule has 39 heavy (non-hydrogen) atoms. The van der Waals surface area contributed by atoms with E-state index in [0.717, 1.165) is 6.07 Å². The summed E-state index contributed by atoms with van der Waals surface area (Å²) in [6.45, 7) is 9.70. The lowest BCUT2D eigenvalue weighted by Crippen LogP contribution is -2.35. The van der Waals surface area contributed by atoms with Crippen molar-refractivity contribution in [3.8, 4) is 17.6 Å². The number of methoxy groups -OCH3 is 1. The van der Waals surface area contributed by atoms with Crippen LogP contribution in [0.15, 0.2) is 30.7 Å². The van der Waals surface area contributed by atoms with Gasteiger partial charge in [-0.15, -0.1) is 4.80 Å². The summed E-state index contributed by atoms with van der Waals surface area (Å²) in [5.74, 6) is -1.10. The lowest BCUT2D eigenvalue weighted by Gasteiger charge is -2.27. The average molecular weight is 541 g/mol. The van der Waals surface area contributed by atoms with Crippen LogP contribution < -0.4 is 15.4 Å². The molecular weight excluding hydrogens is 507 g/mol. The predicted octanol–water partition coefficient (Wildman–Crippen LogP) is 4.01. The van der Waals surface area contributed by atoms with Gasteiger partial charge >= 0.3 is 5.97 Å². The standard InChI is InChI=1S/C26H33FN8O4/c1-7-38-15-20(16(2)10-22(36)39-26(3,4)5)33-24-19(27)11-17(13-28)23(34-24)32-18-12-21(25(37-6)29-14-18)35-30-8-9-31-35/h8-9,11-12,14,16,20H,7,10,15H2,1-6H3,(H2,32,33,34)/t16-,20-/m1/s1. The zero-order chi connectivity index (χ0) is 28.6. The number of hydrogen-bond donors (Lipinski definition) is 2. The summed E-state index contributed by atoms with van der Waals surface area (Å²) in [5, 5.41) is 23.9. The SMILES string of the molecule is CCOC[C@@H](Nc1nc(Nc2cnc(OC)c(-n3nccn3)c2)c(C#N)cc1F)[C@H](C)CC(=O)OC(C)(C)C. The number of nitrogens with one attached hydrogen (secondary N) is 2. The number of esters is 1. The monoisotopic (exact) mass is 540 g/mol. The molecule has 2 atom stereocenters. The molecule has 2 N–H and O–H groups in total. The maximum Gasteiger partial charge on any atom is 0.306 e. The molecule has 0 unspecified atom stereocenters. The van der Waals surface area contributed by atoms with E-state index in [2.05, 4.69) is 30.8 Å². The largest absolute Gasteiger partial charge is 0.479 e. The zero-order valence-electron chi connectivity index (χ0n) is 22.9. The molecule has 0 radical (unpaired) electrons. The van der Waals surface area contributed by atoms with Gasteiger partial charge in [0.1, 0.15) is 17.4 Å². The van der Waals surface area contributed by atoms with Crippen LogP contribution in [0.5, 0.6) is 5.88 Å². The lowest BCUT2D eigenvalue weighted by molar-refractivity contribution is -0.156. The van der Waals surface area contributed by atoms with Gasteiger partial charge in [-0.2, -0.15) is 15.5 Å². The predicted molar refractivity (Wildman–Crippen MR) is 141 cm³/mol. The number of pyridine rings is 2. The van der Waals surface area contributed by atoms with Crippen LogP contribution in [0, 0.1) is 23.1 Å². The van der Waals surface area contributed by atoms with E-state index in [1.807, 2.05) is 19.9 Å². The van der Waals surface area contributed by atoms with E-state index < -0.39 is 17.5 Å². The number of carbonyl (C=O) groups is 1. The summed E-state index contributed by atoms with van der Waals surface area (Å²) < 4.78 is 31.4. The minimum atomic E-state index is -0.725. The third kappa shape index (κ3) is 8.08. The van der Waals surface area contributed by atoms with Crippen molar-refractivity contribution >= 4 is 23.3 Å². The fourth-order valence-corrected chi connectivity index (χ4v) is 3.61. The third-order valence-corrected chi connectivity index (χ3v) is 5.44.